The van der Waals surface area contributed by atoms with Crippen molar-refractivity contribution >= 4 is 38.2 Å². The lowest BCUT2D eigenvalue weighted by atomic mass is 9.82. The van der Waals surface area contributed by atoms with Gasteiger partial charge in [-0.15, -0.1) is 11.3 Å². The Hall–Kier alpha value is -3.98. The molecular formula is C43H61FN6O3S. The number of carbonyl (C=O) groups is 1. The standard InChI is InChI=1S/C38H47FN6O3S.C3H8.C2H6/c1-7-10-31(45-16-21(3)23(17-45)18-47-6)43-37(42-30-11-9-14-44(5)38(30)46)32-22(4)24(8-2)33(28-20-48-19-27(28)32)25-12-13-29(39)35-34(25)26(15-40)36(41)49-35;1-3-2;1-2/h10,12-13,21,23,30H,7-9,11,14,16-20,41H2,1-6H3,(H,42,43);3H2,1-2H3;1-2H3/b31-10-;;. The van der Waals surface area contributed by atoms with Crippen molar-refractivity contribution in [2.75, 3.05) is 46.1 Å². The van der Waals surface area contributed by atoms with Gasteiger partial charge in [0.1, 0.15) is 34.6 Å². The number of fused-ring (bicyclic) bond motifs is 2. The number of carbonyl (C=O) groups excluding carboxylic acids is 1. The molecule has 54 heavy (non-hydrogen) atoms. The monoisotopic (exact) mass is 760 g/mol. The maximum absolute atomic E-state index is 15.2. The fraction of sp³-hybridized carbons (Fsp3) is 0.558. The number of nitrogens with two attached hydrogens (primary N) is 1. The van der Waals surface area contributed by atoms with Gasteiger partial charge >= 0.3 is 0 Å². The van der Waals surface area contributed by atoms with Crippen molar-refractivity contribution in [3.05, 3.63) is 63.2 Å². The van der Waals surface area contributed by atoms with Crippen LogP contribution in [0.2, 0.25) is 0 Å². The molecule has 3 aliphatic rings. The van der Waals surface area contributed by atoms with Crippen molar-refractivity contribution < 1.29 is 18.7 Å². The van der Waals surface area contributed by atoms with Gasteiger partial charge in [-0.3, -0.25) is 9.79 Å². The molecule has 0 saturated carbocycles. The van der Waals surface area contributed by atoms with Crippen LogP contribution in [0, 0.1) is 35.9 Å². The average Bonchev–Trinajstić information content (AvgIpc) is 3.88. The highest BCUT2D eigenvalue weighted by molar-refractivity contribution is 7.23. The minimum Gasteiger partial charge on any atom is -0.389 e. The van der Waals surface area contributed by atoms with Gasteiger partial charge in [-0.1, -0.05) is 61.0 Å². The van der Waals surface area contributed by atoms with Crippen LogP contribution < -0.4 is 11.1 Å². The maximum Gasteiger partial charge on any atom is 0.247 e. The van der Waals surface area contributed by atoms with Crippen molar-refractivity contribution in [2.24, 2.45) is 16.8 Å². The van der Waals surface area contributed by atoms with Gasteiger partial charge in [0.05, 0.1) is 30.1 Å². The molecule has 2 saturated heterocycles. The van der Waals surface area contributed by atoms with E-state index in [0.717, 1.165) is 88.6 Å². The van der Waals surface area contributed by atoms with E-state index in [4.69, 9.17) is 20.2 Å². The predicted molar refractivity (Wildman–Crippen MR) is 221 cm³/mol. The molecule has 3 atom stereocenters. The highest BCUT2D eigenvalue weighted by Gasteiger charge is 2.35. The Morgan fingerprint density at radius 3 is 2.56 bits per heavy atom. The number of likely N-dealkylation sites (tertiary alicyclic amines) is 2. The van der Waals surface area contributed by atoms with Crippen molar-refractivity contribution in [3.63, 3.8) is 0 Å². The largest absolute Gasteiger partial charge is 0.389 e. The Balaban J connectivity index is 0.00000124. The Morgan fingerprint density at radius 1 is 1.20 bits per heavy atom. The van der Waals surface area contributed by atoms with Crippen LogP contribution >= 0.6 is 11.3 Å². The Bertz CT molecular complexity index is 1890. The summed E-state index contributed by atoms with van der Waals surface area (Å²) < 4.78 is 27.3. The molecule has 1 aromatic heterocycles. The number of benzene rings is 2. The van der Waals surface area contributed by atoms with E-state index in [1.54, 1.807) is 18.1 Å². The molecule has 0 radical (unpaired) electrons. The van der Waals surface area contributed by atoms with E-state index >= 15 is 4.39 Å². The molecule has 1 amide bonds. The van der Waals surface area contributed by atoms with E-state index in [0.29, 0.717) is 71.0 Å². The summed E-state index contributed by atoms with van der Waals surface area (Å²) in [5.74, 6) is 2.13. The Kier molecular flexibility index (Phi) is 15.5. The van der Waals surface area contributed by atoms with Crippen molar-refractivity contribution in [3.8, 4) is 17.2 Å². The fourth-order valence-corrected chi connectivity index (χ4v) is 8.85. The van der Waals surface area contributed by atoms with Crippen LogP contribution in [0.5, 0.6) is 0 Å². The molecule has 3 aliphatic heterocycles. The molecule has 6 rings (SSSR count). The first-order valence-corrected chi connectivity index (χ1v) is 20.6. The number of aliphatic imine (C=N–C) groups is 1. The Morgan fingerprint density at radius 2 is 1.91 bits per heavy atom. The number of hydrogen-bond acceptors (Lipinski definition) is 8. The number of hydrogen-bond donors (Lipinski definition) is 2. The lowest BCUT2D eigenvalue weighted by Gasteiger charge is -2.30. The first-order chi connectivity index (χ1) is 26.0. The summed E-state index contributed by atoms with van der Waals surface area (Å²) in [5.41, 5.74) is 13.3. The number of ether oxygens (including phenoxy) is 2. The summed E-state index contributed by atoms with van der Waals surface area (Å²) in [5, 5.41) is 14.7. The van der Waals surface area contributed by atoms with E-state index < -0.39 is 11.9 Å². The van der Waals surface area contributed by atoms with Crippen LogP contribution in [0.15, 0.2) is 29.0 Å². The van der Waals surface area contributed by atoms with Crippen molar-refractivity contribution in [1.29, 1.82) is 5.26 Å². The zero-order chi connectivity index (χ0) is 39.7. The third-order valence-electron chi connectivity index (χ3n) is 10.4. The summed E-state index contributed by atoms with van der Waals surface area (Å²) in [6.07, 6.45) is 6.52. The highest BCUT2D eigenvalue weighted by Crippen LogP contribution is 2.46. The molecule has 294 valence electrons. The number of likely N-dealkylation sites (N-methyl/N-ethyl adjacent to an activating group) is 1. The van der Waals surface area contributed by atoms with Crippen LogP contribution in [-0.4, -0.2) is 68.0 Å². The SMILES string of the molecule is CC.CC/C=C(/NC(=NC1CCCN(C)C1=O)c1c(C)c(CC)c(-c2ccc(F)c3sc(N)c(C#N)c23)c2c1COC2)N1CC(C)C(COC)C1.CCC. The van der Waals surface area contributed by atoms with Gasteiger partial charge in [0.2, 0.25) is 5.91 Å². The molecule has 9 nitrogen and oxygen atoms in total. The molecule has 0 aliphatic carbocycles. The van der Waals surface area contributed by atoms with Gasteiger partial charge in [-0.05, 0) is 84.0 Å². The molecule has 0 bridgehead atoms. The summed E-state index contributed by atoms with van der Waals surface area (Å²) in [6.45, 7) is 20.8. The molecular weight excluding hydrogens is 700 g/mol. The summed E-state index contributed by atoms with van der Waals surface area (Å²) in [6, 6.07) is 4.97. The number of amidine groups is 1. The number of nitriles is 1. The fourth-order valence-electron chi connectivity index (χ4n) is 7.90. The van der Waals surface area contributed by atoms with Gasteiger partial charge < -0.3 is 30.3 Å². The summed E-state index contributed by atoms with van der Waals surface area (Å²) >= 11 is 1.11. The number of nitrogen functional groups attached to an aromatic ring is 1. The second-order valence-corrected chi connectivity index (χ2v) is 15.3. The van der Waals surface area contributed by atoms with Crippen LogP contribution in [0.1, 0.15) is 108 Å². The molecule has 3 N–H and O–H groups in total. The molecule has 11 heteroatoms. The topological polar surface area (TPSA) is 116 Å². The van der Waals surface area contributed by atoms with Crippen LogP contribution in [0.25, 0.3) is 21.2 Å². The third-order valence-corrected chi connectivity index (χ3v) is 11.5. The van der Waals surface area contributed by atoms with Crippen molar-refractivity contribution in [2.45, 2.75) is 107 Å². The third kappa shape index (κ3) is 8.61. The number of nitrogens with one attached hydrogen (secondary N) is 1. The van der Waals surface area contributed by atoms with E-state index in [9.17, 15) is 10.1 Å². The molecule has 0 spiro atoms. The number of nitrogens with zero attached hydrogens (tertiary/aromatic N) is 4. The Labute approximate surface area is 326 Å². The first kappa shape index (κ1) is 42.8. The molecule has 3 aromatic rings. The number of anilines is 1. The zero-order valence-electron chi connectivity index (χ0n) is 34.1. The average molecular weight is 761 g/mol. The van der Waals surface area contributed by atoms with E-state index in [2.05, 4.69) is 63.9 Å². The number of amides is 1. The predicted octanol–water partition coefficient (Wildman–Crippen LogP) is 8.93. The van der Waals surface area contributed by atoms with Crippen LogP contribution in [-0.2, 0) is 33.9 Å². The normalized spacial score (nSPS) is 20.0. The lowest BCUT2D eigenvalue weighted by Crippen LogP contribution is -2.43. The lowest BCUT2D eigenvalue weighted by molar-refractivity contribution is -0.133. The van der Waals surface area contributed by atoms with E-state index in [-0.39, 0.29) is 5.91 Å². The number of rotatable bonds is 9. The molecule has 3 unspecified atom stereocenters. The van der Waals surface area contributed by atoms with Gasteiger partial charge in [-0.25, -0.2) is 4.39 Å². The van der Waals surface area contributed by atoms with E-state index in [1.807, 2.05) is 20.9 Å². The summed E-state index contributed by atoms with van der Waals surface area (Å²) in [7, 11) is 3.60. The maximum atomic E-state index is 15.2. The highest BCUT2D eigenvalue weighted by atomic mass is 32.1. The minimum atomic E-state index is -0.506. The molecule has 4 heterocycles. The van der Waals surface area contributed by atoms with Gasteiger partial charge in [-0.2, -0.15) is 5.26 Å². The van der Waals surface area contributed by atoms with E-state index in [1.165, 1.54) is 12.5 Å². The minimum absolute atomic E-state index is 0.0205. The van der Waals surface area contributed by atoms with Crippen LogP contribution in [0.4, 0.5) is 9.39 Å². The smallest absolute Gasteiger partial charge is 0.247 e. The van der Waals surface area contributed by atoms with Gasteiger partial charge in [0, 0.05) is 50.7 Å². The quantitative estimate of drug-likeness (QED) is 0.165. The zero-order valence-corrected chi connectivity index (χ0v) is 34.9. The van der Waals surface area contributed by atoms with Gasteiger partial charge in [0.15, 0.2) is 0 Å². The number of piperidine rings is 1. The summed E-state index contributed by atoms with van der Waals surface area (Å²) in [4.78, 5) is 22.9. The number of methoxy groups -OCH3 is 1. The first-order valence-electron chi connectivity index (χ1n) is 19.7. The molecule has 2 aromatic carbocycles. The second kappa shape index (κ2) is 19.6. The number of halogens is 1. The van der Waals surface area contributed by atoms with Crippen LogP contribution in [0.3, 0.4) is 0 Å². The molecule has 2 fully saturated rings. The number of thiophene rings is 1. The second-order valence-electron chi connectivity index (χ2n) is 14.2. The number of allylic oxidation sites excluding steroid dienone is 1. The van der Waals surface area contributed by atoms with Crippen molar-refractivity contribution in [1.82, 2.24) is 15.1 Å². The van der Waals surface area contributed by atoms with Gasteiger partial charge in [0.25, 0.3) is 0 Å².